The van der Waals surface area contributed by atoms with Crippen LogP contribution in [0.4, 0.5) is 0 Å². The summed E-state index contributed by atoms with van der Waals surface area (Å²) in [6.45, 7) is 13.1. The number of rotatable bonds is 17. The van der Waals surface area contributed by atoms with Crippen LogP contribution >= 0.6 is 7.82 Å². The normalized spacial score (nSPS) is 31.4. The highest BCUT2D eigenvalue weighted by Gasteiger charge is 2.53. The molecule has 0 N–H and O–H groups in total. The fraction of sp³-hybridized carbons (Fsp3) is 1.00. The quantitative estimate of drug-likeness (QED) is 0.136. The summed E-state index contributed by atoms with van der Waals surface area (Å²) >= 11 is 0. The van der Waals surface area contributed by atoms with Crippen LogP contribution < -0.4 is 0 Å². The Morgan fingerprint density at radius 3 is 2.00 bits per heavy atom. The highest BCUT2D eigenvalue weighted by Crippen LogP contribution is 2.57. The molecule has 2 saturated heterocycles. The Labute approximate surface area is 236 Å². The third-order valence-electron chi connectivity index (χ3n) is 7.49. The minimum Gasteiger partial charge on any atom is -0.379 e. The third-order valence-corrected chi connectivity index (χ3v) is 8.88. The van der Waals surface area contributed by atoms with E-state index in [1.165, 1.54) is 6.42 Å². The fourth-order valence-electron chi connectivity index (χ4n) is 4.99. The summed E-state index contributed by atoms with van der Waals surface area (Å²) in [4.78, 5) is 0. The Balaban J connectivity index is 1.88. The van der Waals surface area contributed by atoms with Crippen LogP contribution in [-0.2, 0) is 41.8 Å². The van der Waals surface area contributed by atoms with E-state index in [-0.39, 0.29) is 24.7 Å². The van der Waals surface area contributed by atoms with Crippen molar-refractivity contribution >= 4 is 7.82 Å². The Bertz CT molecular complexity index is 701. The molecular formula is C29H55O9P. The van der Waals surface area contributed by atoms with Crippen molar-refractivity contribution in [3.63, 3.8) is 0 Å². The van der Waals surface area contributed by atoms with Crippen LogP contribution in [0, 0.1) is 5.41 Å². The van der Waals surface area contributed by atoms with Crippen molar-refractivity contribution in [2.45, 2.75) is 142 Å². The van der Waals surface area contributed by atoms with Gasteiger partial charge >= 0.3 is 7.82 Å². The lowest BCUT2D eigenvalue weighted by atomic mass is 9.96. The van der Waals surface area contributed by atoms with E-state index in [2.05, 4.69) is 20.8 Å². The molecule has 3 rings (SSSR count). The van der Waals surface area contributed by atoms with E-state index in [0.29, 0.717) is 26.4 Å². The Kier molecular flexibility index (Phi) is 14.7. The van der Waals surface area contributed by atoms with Crippen LogP contribution in [0.5, 0.6) is 0 Å². The molecule has 230 valence electrons. The maximum Gasteiger partial charge on any atom is 0.475 e. The van der Waals surface area contributed by atoms with Crippen LogP contribution in [0.3, 0.4) is 0 Å². The lowest BCUT2D eigenvalue weighted by molar-refractivity contribution is -0.323. The highest BCUT2D eigenvalue weighted by atomic mass is 31.2. The molecule has 10 heteroatoms. The molecule has 0 bridgehead atoms. The van der Waals surface area contributed by atoms with Gasteiger partial charge in [0.05, 0.1) is 25.9 Å². The van der Waals surface area contributed by atoms with Crippen molar-refractivity contribution in [2.75, 3.05) is 39.6 Å². The minimum absolute atomic E-state index is 0.0402. The van der Waals surface area contributed by atoms with Crippen molar-refractivity contribution in [1.29, 1.82) is 0 Å². The summed E-state index contributed by atoms with van der Waals surface area (Å²) in [5, 5.41) is 0. The predicted molar refractivity (Wildman–Crippen MR) is 150 cm³/mol. The van der Waals surface area contributed by atoms with Gasteiger partial charge in [-0.3, -0.25) is 13.6 Å². The van der Waals surface area contributed by atoms with Gasteiger partial charge in [0.2, 0.25) is 0 Å². The molecule has 1 aliphatic carbocycles. The molecule has 2 heterocycles. The summed E-state index contributed by atoms with van der Waals surface area (Å²) in [5.74, 6) is 0. The number of hydrogen-bond acceptors (Lipinski definition) is 9. The van der Waals surface area contributed by atoms with Crippen molar-refractivity contribution < 1.29 is 41.8 Å². The highest BCUT2D eigenvalue weighted by molar-refractivity contribution is 7.48. The molecule has 0 aromatic carbocycles. The monoisotopic (exact) mass is 578 g/mol. The maximum atomic E-state index is 13.7. The van der Waals surface area contributed by atoms with E-state index in [1.807, 2.05) is 13.8 Å². The summed E-state index contributed by atoms with van der Waals surface area (Å²) in [7, 11) is -3.86. The van der Waals surface area contributed by atoms with E-state index in [1.54, 1.807) is 0 Å². The maximum absolute atomic E-state index is 13.7. The van der Waals surface area contributed by atoms with Gasteiger partial charge in [-0.1, -0.05) is 73.1 Å². The Morgan fingerprint density at radius 1 is 0.795 bits per heavy atom. The zero-order valence-corrected chi connectivity index (χ0v) is 26.0. The second kappa shape index (κ2) is 17.1. The molecule has 0 aromatic heterocycles. The van der Waals surface area contributed by atoms with Gasteiger partial charge in [0.1, 0.15) is 24.4 Å². The summed E-state index contributed by atoms with van der Waals surface area (Å²) in [6, 6.07) is 0. The number of ether oxygens (including phenoxy) is 5. The van der Waals surface area contributed by atoms with Gasteiger partial charge < -0.3 is 23.7 Å². The van der Waals surface area contributed by atoms with Crippen LogP contribution in [0.1, 0.15) is 105 Å². The van der Waals surface area contributed by atoms with Gasteiger partial charge in [-0.15, -0.1) is 0 Å². The largest absolute Gasteiger partial charge is 0.475 e. The first-order valence-corrected chi connectivity index (χ1v) is 17.0. The van der Waals surface area contributed by atoms with E-state index < -0.39 is 38.5 Å². The standard InChI is InChI=1S/C29H55O9P/c1-6-9-17-31-20-24-25(32-18-10-7-2)26(33-19-11-8-3)27(28(37-24)36-23-15-13-12-14-16-23)38-39(30)34-21-29(4,5)22-35-39/h23-28H,6-22H2,1-5H3. The van der Waals surface area contributed by atoms with E-state index in [9.17, 15) is 4.57 Å². The van der Waals surface area contributed by atoms with E-state index >= 15 is 0 Å². The first-order valence-electron chi connectivity index (χ1n) is 15.5. The topological polar surface area (TPSA) is 90.9 Å². The van der Waals surface area contributed by atoms with Crippen molar-refractivity contribution in [2.24, 2.45) is 5.41 Å². The summed E-state index contributed by atoms with van der Waals surface area (Å²) < 4.78 is 63.5. The van der Waals surface area contributed by atoms with Crippen molar-refractivity contribution in [3.8, 4) is 0 Å². The van der Waals surface area contributed by atoms with Gasteiger partial charge in [-0.2, -0.15) is 0 Å². The molecule has 0 aromatic rings. The second-order valence-corrected chi connectivity index (χ2v) is 13.6. The minimum atomic E-state index is -3.86. The molecule has 3 aliphatic rings. The fourth-order valence-corrected chi connectivity index (χ4v) is 6.72. The smallest absolute Gasteiger partial charge is 0.379 e. The number of unbranched alkanes of at least 4 members (excludes halogenated alkanes) is 3. The zero-order chi connectivity index (χ0) is 28.1. The Morgan fingerprint density at radius 2 is 1.38 bits per heavy atom. The van der Waals surface area contributed by atoms with Gasteiger partial charge in [0.15, 0.2) is 6.29 Å². The van der Waals surface area contributed by atoms with Gasteiger partial charge in [0, 0.05) is 25.2 Å². The Hall–Kier alpha value is -0.0900. The average molecular weight is 579 g/mol. The van der Waals surface area contributed by atoms with Gasteiger partial charge in [-0.05, 0) is 32.1 Å². The van der Waals surface area contributed by atoms with Crippen molar-refractivity contribution in [1.82, 2.24) is 0 Å². The molecule has 9 nitrogen and oxygen atoms in total. The molecule has 3 fully saturated rings. The first-order chi connectivity index (χ1) is 18.8. The number of phosphoric ester groups is 1. The van der Waals surface area contributed by atoms with Crippen LogP contribution in [-0.4, -0.2) is 76.5 Å². The van der Waals surface area contributed by atoms with Crippen LogP contribution in [0.25, 0.3) is 0 Å². The SMILES string of the molecule is CCCCOCC1OC(OC2CCCCC2)C(OP2(=O)OCC(C)(C)CO2)C(OCCCC)C1OCCCC. The number of phosphoric acid groups is 1. The molecule has 0 radical (unpaired) electrons. The third kappa shape index (κ3) is 10.9. The van der Waals surface area contributed by atoms with Gasteiger partial charge in [0.25, 0.3) is 0 Å². The van der Waals surface area contributed by atoms with Crippen LogP contribution in [0.2, 0.25) is 0 Å². The molecule has 5 atom stereocenters. The molecule has 1 saturated carbocycles. The van der Waals surface area contributed by atoms with Crippen LogP contribution in [0.15, 0.2) is 0 Å². The first kappa shape index (κ1) is 33.4. The number of hydrogen-bond donors (Lipinski definition) is 0. The van der Waals surface area contributed by atoms with E-state index in [0.717, 1.165) is 64.2 Å². The molecule has 0 amide bonds. The molecular weight excluding hydrogens is 523 g/mol. The predicted octanol–water partition coefficient (Wildman–Crippen LogP) is 6.81. The summed E-state index contributed by atoms with van der Waals surface area (Å²) in [5.41, 5.74) is -0.248. The van der Waals surface area contributed by atoms with Gasteiger partial charge in [-0.25, -0.2) is 4.57 Å². The molecule has 2 aliphatic heterocycles. The average Bonchev–Trinajstić information content (AvgIpc) is 2.92. The van der Waals surface area contributed by atoms with E-state index in [4.69, 9.17) is 37.3 Å². The molecule has 39 heavy (non-hydrogen) atoms. The lowest BCUT2D eigenvalue weighted by Gasteiger charge is -2.47. The molecule has 0 spiro atoms. The second-order valence-electron chi connectivity index (χ2n) is 12.0. The summed E-state index contributed by atoms with van der Waals surface area (Å²) in [6.07, 6.45) is 8.12. The van der Waals surface area contributed by atoms with Crippen molar-refractivity contribution in [3.05, 3.63) is 0 Å². The molecule has 5 unspecified atom stereocenters. The zero-order valence-electron chi connectivity index (χ0n) is 25.1. The lowest BCUT2D eigenvalue weighted by Crippen LogP contribution is -2.62.